The van der Waals surface area contributed by atoms with E-state index in [-0.39, 0.29) is 28.7 Å². The predicted octanol–water partition coefficient (Wildman–Crippen LogP) is 3.66. The molecule has 0 bridgehead atoms. The zero-order valence-corrected chi connectivity index (χ0v) is 18.7. The minimum absolute atomic E-state index is 0. The maximum absolute atomic E-state index is 5.74. The van der Waals surface area contributed by atoms with Crippen molar-refractivity contribution in [2.75, 3.05) is 32.6 Å². The molecule has 0 amide bonds. The number of hydrogen-bond acceptors (Lipinski definition) is 4. The van der Waals surface area contributed by atoms with Crippen molar-refractivity contribution in [3.63, 3.8) is 0 Å². The lowest BCUT2D eigenvalue weighted by atomic mass is 10.2. The molecule has 0 aliphatic carbocycles. The summed E-state index contributed by atoms with van der Waals surface area (Å²) >= 11 is 1.84. The van der Waals surface area contributed by atoms with E-state index in [0.29, 0.717) is 19.8 Å². The smallest absolute Gasteiger partial charge is 0.191 e. The van der Waals surface area contributed by atoms with Crippen molar-refractivity contribution in [3.05, 3.63) is 23.8 Å². The highest BCUT2D eigenvalue weighted by atomic mass is 127. The normalized spacial score (nSPS) is 14.3. The zero-order valence-electron chi connectivity index (χ0n) is 15.6. The quantitative estimate of drug-likeness (QED) is 0.371. The Balaban J connectivity index is 0.00000312. The van der Waals surface area contributed by atoms with Crippen LogP contribution in [0.4, 0.5) is 0 Å². The van der Waals surface area contributed by atoms with E-state index in [0.717, 1.165) is 42.5 Å². The van der Waals surface area contributed by atoms with Crippen LogP contribution in [0.1, 0.15) is 32.8 Å². The van der Waals surface area contributed by atoms with Gasteiger partial charge in [0.15, 0.2) is 17.5 Å². The molecule has 0 radical (unpaired) electrons. The number of ether oxygens (including phenoxy) is 2. The number of guanidine groups is 1. The van der Waals surface area contributed by atoms with E-state index in [4.69, 9.17) is 9.47 Å². The summed E-state index contributed by atoms with van der Waals surface area (Å²) in [4.78, 5) is 4.68. The van der Waals surface area contributed by atoms with Gasteiger partial charge >= 0.3 is 0 Å². The predicted molar refractivity (Wildman–Crippen MR) is 118 cm³/mol. The summed E-state index contributed by atoms with van der Waals surface area (Å²) in [5.74, 6) is 2.49. The van der Waals surface area contributed by atoms with Crippen LogP contribution in [-0.2, 0) is 6.54 Å². The van der Waals surface area contributed by atoms with Crippen LogP contribution in [0, 0.1) is 0 Å². The molecule has 0 fully saturated rings. The fourth-order valence-electron chi connectivity index (χ4n) is 2.19. The molecule has 2 N–H and O–H groups in total. The van der Waals surface area contributed by atoms with Crippen molar-refractivity contribution in [2.45, 2.75) is 38.5 Å². The van der Waals surface area contributed by atoms with Gasteiger partial charge in [-0.05, 0) is 44.7 Å². The van der Waals surface area contributed by atoms with Crippen molar-refractivity contribution in [2.24, 2.45) is 4.99 Å². The molecule has 1 aromatic carbocycles. The molecular weight excluding hydrogens is 449 g/mol. The Bertz CT molecular complexity index is 567. The number of thioether (sulfide) groups is 1. The van der Waals surface area contributed by atoms with Crippen LogP contribution < -0.4 is 20.1 Å². The molecule has 0 saturated heterocycles. The second-order valence-corrected chi connectivity index (χ2v) is 7.86. The van der Waals surface area contributed by atoms with Crippen LogP contribution in [0.3, 0.4) is 0 Å². The topological polar surface area (TPSA) is 54.9 Å². The number of hydrogen-bond donors (Lipinski definition) is 2. The fraction of sp³-hybridized carbons (Fsp3) is 0.611. The maximum atomic E-state index is 5.74. The summed E-state index contributed by atoms with van der Waals surface area (Å²) in [6.07, 6.45) is 3.05. The standard InChI is InChI=1S/C18H29N3O2S.HI/c1-5-19-17(21-13-18(2,3)24-4)20-12-14-7-8-15-16(11-14)23-10-6-9-22-15;/h7-8,11H,5-6,9-10,12-13H2,1-4H3,(H2,19,20,21);1H. The first-order valence-corrected chi connectivity index (χ1v) is 9.72. The molecule has 1 aliphatic heterocycles. The number of halogens is 1. The Labute approximate surface area is 172 Å². The number of aliphatic imine (C=N–C) groups is 1. The Morgan fingerprint density at radius 1 is 1.20 bits per heavy atom. The van der Waals surface area contributed by atoms with Gasteiger partial charge in [0.1, 0.15) is 0 Å². The van der Waals surface area contributed by atoms with Gasteiger partial charge in [0.2, 0.25) is 0 Å². The van der Waals surface area contributed by atoms with Crippen LogP contribution in [0.2, 0.25) is 0 Å². The van der Waals surface area contributed by atoms with Gasteiger partial charge in [0.05, 0.1) is 19.8 Å². The number of rotatable bonds is 6. The third kappa shape index (κ3) is 7.52. The lowest BCUT2D eigenvalue weighted by molar-refractivity contribution is 0.297. The van der Waals surface area contributed by atoms with E-state index in [9.17, 15) is 0 Å². The summed E-state index contributed by atoms with van der Waals surface area (Å²) in [6, 6.07) is 6.05. The second kappa shape index (κ2) is 11.0. The Kier molecular flexibility index (Phi) is 9.78. The molecule has 142 valence electrons. The van der Waals surface area contributed by atoms with E-state index in [1.807, 2.05) is 30.0 Å². The summed E-state index contributed by atoms with van der Waals surface area (Å²) in [7, 11) is 0. The second-order valence-electron chi connectivity index (χ2n) is 6.34. The van der Waals surface area contributed by atoms with Crippen LogP contribution in [-0.4, -0.2) is 43.3 Å². The first kappa shape index (κ1) is 22.2. The Morgan fingerprint density at radius 2 is 1.92 bits per heavy atom. The van der Waals surface area contributed by atoms with Gasteiger partial charge < -0.3 is 20.1 Å². The third-order valence-corrected chi connectivity index (χ3v) is 5.06. The molecule has 0 spiro atoms. The van der Waals surface area contributed by atoms with Crippen LogP contribution in [0.15, 0.2) is 23.2 Å². The SMILES string of the molecule is CCNC(=NCc1ccc2c(c1)OCCCO2)NCC(C)(C)SC.I. The monoisotopic (exact) mass is 479 g/mol. The van der Waals surface area contributed by atoms with Crippen molar-refractivity contribution >= 4 is 41.7 Å². The van der Waals surface area contributed by atoms with Gasteiger partial charge in [-0.15, -0.1) is 24.0 Å². The fourth-order valence-corrected chi connectivity index (χ4v) is 2.40. The molecule has 1 aliphatic rings. The Hall–Kier alpha value is -0.830. The lowest BCUT2D eigenvalue weighted by Gasteiger charge is -2.23. The van der Waals surface area contributed by atoms with E-state index in [1.54, 1.807) is 0 Å². The maximum Gasteiger partial charge on any atom is 0.191 e. The van der Waals surface area contributed by atoms with Crippen LogP contribution in [0.25, 0.3) is 0 Å². The average molecular weight is 479 g/mol. The molecule has 1 heterocycles. The highest BCUT2D eigenvalue weighted by Gasteiger charge is 2.16. The number of fused-ring (bicyclic) bond motifs is 1. The van der Waals surface area contributed by atoms with Gasteiger partial charge in [0.25, 0.3) is 0 Å². The molecule has 25 heavy (non-hydrogen) atoms. The first-order valence-electron chi connectivity index (χ1n) is 8.50. The Morgan fingerprint density at radius 3 is 2.60 bits per heavy atom. The van der Waals surface area contributed by atoms with E-state index in [1.165, 1.54) is 0 Å². The van der Waals surface area contributed by atoms with Gasteiger partial charge in [-0.1, -0.05) is 6.07 Å². The molecule has 0 aromatic heterocycles. The molecule has 7 heteroatoms. The summed E-state index contributed by atoms with van der Waals surface area (Å²) < 4.78 is 11.6. The van der Waals surface area contributed by atoms with Crippen LogP contribution in [0.5, 0.6) is 11.5 Å². The minimum Gasteiger partial charge on any atom is -0.490 e. The van der Waals surface area contributed by atoms with Gasteiger partial charge in [-0.2, -0.15) is 11.8 Å². The third-order valence-electron chi connectivity index (χ3n) is 3.81. The van der Waals surface area contributed by atoms with Crippen molar-refractivity contribution < 1.29 is 9.47 Å². The summed E-state index contributed by atoms with van der Waals surface area (Å²) in [5.41, 5.74) is 1.11. The largest absolute Gasteiger partial charge is 0.490 e. The summed E-state index contributed by atoms with van der Waals surface area (Å²) in [5, 5.41) is 6.71. The molecule has 0 saturated carbocycles. The number of benzene rings is 1. The lowest BCUT2D eigenvalue weighted by Crippen LogP contribution is -2.43. The molecule has 2 rings (SSSR count). The first-order chi connectivity index (χ1) is 11.5. The van der Waals surface area contributed by atoms with Crippen LogP contribution >= 0.6 is 35.7 Å². The highest BCUT2D eigenvalue weighted by Crippen LogP contribution is 2.30. The number of nitrogens with zero attached hydrogens (tertiary/aromatic N) is 1. The van der Waals surface area contributed by atoms with E-state index >= 15 is 0 Å². The van der Waals surface area contributed by atoms with Crippen molar-refractivity contribution in [1.82, 2.24) is 10.6 Å². The van der Waals surface area contributed by atoms with Gasteiger partial charge in [0, 0.05) is 24.3 Å². The molecule has 5 nitrogen and oxygen atoms in total. The zero-order chi connectivity index (χ0) is 17.4. The van der Waals surface area contributed by atoms with Crippen molar-refractivity contribution in [3.8, 4) is 11.5 Å². The molecule has 0 unspecified atom stereocenters. The van der Waals surface area contributed by atoms with Gasteiger partial charge in [-0.3, -0.25) is 0 Å². The number of nitrogens with one attached hydrogen (secondary N) is 2. The molecule has 1 aromatic rings. The van der Waals surface area contributed by atoms with Gasteiger partial charge in [-0.25, -0.2) is 4.99 Å². The molecular formula is C18H30IN3O2S. The van der Waals surface area contributed by atoms with E-state index < -0.39 is 0 Å². The average Bonchev–Trinajstić information content (AvgIpc) is 2.82. The van der Waals surface area contributed by atoms with E-state index in [2.05, 4.69) is 42.7 Å². The van der Waals surface area contributed by atoms with Crippen molar-refractivity contribution in [1.29, 1.82) is 0 Å². The molecule has 0 atom stereocenters. The summed E-state index contributed by atoms with van der Waals surface area (Å²) in [6.45, 7) is 10.2. The highest BCUT2D eigenvalue weighted by molar-refractivity contribution is 14.0. The minimum atomic E-state index is 0.